The van der Waals surface area contributed by atoms with Gasteiger partial charge in [0.1, 0.15) is 0 Å². The molecule has 3 N–H and O–H groups in total. The lowest BCUT2D eigenvalue weighted by Gasteiger charge is -2.42. The van der Waals surface area contributed by atoms with Crippen LogP contribution >= 0.6 is 0 Å². The van der Waals surface area contributed by atoms with Crippen molar-refractivity contribution in [1.29, 1.82) is 0 Å². The van der Waals surface area contributed by atoms with E-state index in [1.54, 1.807) is 0 Å². The topological polar surface area (TPSA) is 58.7 Å². The van der Waals surface area contributed by atoms with Gasteiger partial charge < -0.3 is 15.6 Å². The van der Waals surface area contributed by atoms with Gasteiger partial charge in [0.15, 0.2) is 0 Å². The second kappa shape index (κ2) is 6.88. The van der Waals surface area contributed by atoms with Crippen LogP contribution in [-0.2, 0) is 4.74 Å². The van der Waals surface area contributed by atoms with Crippen molar-refractivity contribution in [2.75, 3.05) is 26.2 Å². The quantitative estimate of drug-likeness (QED) is 0.869. The van der Waals surface area contributed by atoms with Crippen molar-refractivity contribution in [3.63, 3.8) is 0 Å². The lowest BCUT2D eigenvalue weighted by molar-refractivity contribution is -0.149. The zero-order chi connectivity index (χ0) is 15.5. The Morgan fingerprint density at radius 2 is 2.24 bits per heavy atom. The Kier molecular flexibility index (Phi) is 5.38. The molecule has 21 heavy (non-hydrogen) atoms. The summed E-state index contributed by atoms with van der Waals surface area (Å²) >= 11 is 0. The van der Waals surface area contributed by atoms with Crippen molar-refractivity contribution in [3.05, 3.63) is 35.4 Å². The number of ether oxygens (including phenoxy) is 1. The number of rotatable bonds is 5. The summed E-state index contributed by atoms with van der Waals surface area (Å²) in [5.74, 6) is 0. The Morgan fingerprint density at radius 3 is 2.90 bits per heavy atom. The largest absolute Gasteiger partial charge is 0.394 e. The van der Waals surface area contributed by atoms with Crippen molar-refractivity contribution >= 4 is 0 Å². The normalized spacial score (nSPS) is 24.0. The van der Waals surface area contributed by atoms with E-state index >= 15 is 0 Å². The predicted octanol–water partition coefficient (Wildman–Crippen LogP) is 1.86. The van der Waals surface area contributed by atoms with Crippen LogP contribution < -0.4 is 5.73 Å². The van der Waals surface area contributed by atoms with E-state index < -0.39 is 0 Å². The monoisotopic (exact) mass is 292 g/mol. The summed E-state index contributed by atoms with van der Waals surface area (Å²) in [6, 6.07) is 8.46. The van der Waals surface area contributed by atoms with Crippen molar-refractivity contribution in [3.8, 4) is 0 Å². The molecule has 1 saturated heterocycles. The Balaban J connectivity index is 1.90. The minimum atomic E-state index is -0.209. The third kappa shape index (κ3) is 4.78. The van der Waals surface area contributed by atoms with Gasteiger partial charge in [-0.25, -0.2) is 0 Å². The third-order valence-electron chi connectivity index (χ3n) is 3.98. The SMILES string of the molecule is Cc1cccc(C(N)CCN2CC(CO)OC(C)(C)C2)c1. The van der Waals surface area contributed by atoms with Gasteiger partial charge in [-0.3, -0.25) is 4.90 Å². The number of benzene rings is 1. The highest BCUT2D eigenvalue weighted by atomic mass is 16.5. The highest BCUT2D eigenvalue weighted by molar-refractivity contribution is 5.24. The van der Waals surface area contributed by atoms with Crippen molar-refractivity contribution in [2.24, 2.45) is 5.73 Å². The maximum atomic E-state index is 9.35. The van der Waals surface area contributed by atoms with Crippen LogP contribution in [0.4, 0.5) is 0 Å². The average molecular weight is 292 g/mol. The molecule has 0 aromatic heterocycles. The Labute approximate surface area is 127 Å². The van der Waals surface area contributed by atoms with Crippen molar-refractivity contribution < 1.29 is 9.84 Å². The molecule has 1 fully saturated rings. The average Bonchev–Trinajstić information content (AvgIpc) is 2.43. The summed E-state index contributed by atoms with van der Waals surface area (Å²) < 4.78 is 5.84. The molecule has 1 heterocycles. The molecule has 0 aliphatic carbocycles. The van der Waals surface area contributed by atoms with Gasteiger partial charge in [-0.15, -0.1) is 0 Å². The number of nitrogens with two attached hydrogens (primary N) is 1. The molecule has 0 amide bonds. The minimum absolute atomic E-state index is 0.0587. The number of morpholine rings is 1. The van der Waals surface area contributed by atoms with E-state index in [0.717, 1.165) is 26.1 Å². The summed E-state index contributed by atoms with van der Waals surface area (Å²) in [4.78, 5) is 2.35. The molecule has 0 bridgehead atoms. The zero-order valence-corrected chi connectivity index (χ0v) is 13.4. The van der Waals surface area contributed by atoms with Crippen LogP contribution in [0.2, 0.25) is 0 Å². The molecule has 1 aromatic rings. The van der Waals surface area contributed by atoms with Gasteiger partial charge in [0.2, 0.25) is 0 Å². The van der Waals surface area contributed by atoms with Crippen molar-refractivity contribution in [1.82, 2.24) is 4.90 Å². The van der Waals surface area contributed by atoms with Gasteiger partial charge in [0.05, 0.1) is 18.3 Å². The van der Waals surface area contributed by atoms with Gasteiger partial charge in [0.25, 0.3) is 0 Å². The highest BCUT2D eigenvalue weighted by Crippen LogP contribution is 2.22. The fraction of sp³-hybridized carbons (Fsp3) is 0.647. The Bertz CT molecular complexity index is 462. The van der Waals surface area contributed by atoms with E-state index in [2.05, 4.69) is 49.9 Å². The van der Waals surface area contributed by atoms with E-state index in [1.807, 2.05) is 0 Å². The van der Waals surface area contributed by atoms with E-state index in [4.69, 9.17) is 10.5 Å². The van der Waals surface area contributed by atoms with Gasteiger partial charge in [0, 0.05) is 25.7 Å². The van der Waals surface area contributed by atoms with Gasteiger partial charge >= 0.3 is 0 Å². The number of aliphatic hydroxyl groups is 1. The molecule has 4 heteroatoms. The summed E-state index contributed by atoms with van der Waals surface area (Å²) in [6.07, 6.45) is 0.821. The zero-order valence-electron chi connectivity index (χ0n) is 13.4. The van der Waals surface area contributed by atoms with Crippen LogP contribution in [0.1, 0.15) is 37.4 Å². The molecule has 1 aliphatic rings. The fourth-order valence-electron chi connectivity index (χ4n) is 3.07. The predicted molar refractivity (Wildman–Crippen MR) is 85.2 cm³/mol. The number of hydrogen-bond donors (Lipinski definition) is 2. The fourth-order valence-corrected chi connectivity index (χ4v) is 3.07. The molecule has 0 radical (unpaired) electrons. The van der Waals surface area contributed by atoms with Crippen LogP contribution in [0.5, 0.6) is 0 Å². The first-order valence-corrected chi connectivity index (χ1v) is 7.73. The number of hydrogen-bond acceptors (Lipinski definition) is 4. The first-order valence-electron chi connectivity index (χ1n) is 7.73. The molecule has 2 unspecified atom stereocenters. The molecule has 2 atom stereocenters. The molecule has 2 rings (SSSR count). The van der Waals surface area contributed by atoms with Gasteiger partial charge in [-0.1, -0.05) is 29.8 Å². The molecule has 0 spiro atoms. The number of nitrogens with zero attached hydrogens (tertiary/aromatic N) is 1. The van der Waals surface area contributed by atoms with E-state index in [-0.39, 0.29) is 24.4 Å². The van der Waals surface area contributed by atoms with E-state index in [0.29, 0.717) is 0 Å². The molecule has 0 saturated carbocycles. The smallest absolute Gasteiger partial charge is 0.0940 e. The summed E-state index contributed by atoms with van der Waals surface area (Å²) in [7, 11) is 0. The standard InChI is InChI=1S/C17H28N2O2/c1-13-5-4-6-14(9-13)16(18)7-8-19-10-15(11-20)21-17(2,3)12-19/h4-6,9,15-16,20H,7-8,10-12,18H2,1-3H3. The second-order valence-corrected chi connectivity index (χ2v) is 6.73. The molecule has 118 valence electrons. The summed E-state index contributed by atoms with van der Waals surface area (Å²) in [6.45, 7) is 8.89. The first-order chi connectivity index (χ1) is 9.89. The van der Waals surface area contributed by atoms with E-state index in [9.17, 15) is 5.11 Å². The van der Waals surface area contributed by atoms with Crippen LogP contribution in [-0.4, -0.2) is 48.0 Å². The number of aliphatic hydroxyl groups excluding tert-OH is 1. The van der Waals surface area contributed by atoms with E-state index in [1.165, 1.54) is 11.1 Å². The molecular formula is C17H28N2O2. The van der Waals surface area contributed by atoms with Crippen LogP contribution in [0, 0.1) is 6.92 Å². The highest BCUT2D eigenvalue weighted by Gasteiger charge is 2.32. The van der Waals surface area contributed by atoms with Crippen LogP contribution in [0.25, 0.3) is 0 Å². The lowest BCUT2D eigenvalue weighted by atomic mass is 10.0. The minimum Gasteiger partial charge on any atom is -0.394 e. The summed E-state index contributed by atoms with van der Waals surface area (Å²) in [5.41, 5.74) is 8.54. The second-order valence-electron chi connectivity index (χ2n) is 6.73. The van der Waals surface area contributed by atoms with Crippen LogP contribution in [0.15, 0.2) is 24.3 Å². The summed E-state index contributed by atoms with van der Waals surface area (Å²) in [5, 5.41) is 9.35. The maximum absolute atomic E-state index is 9.35. The molecule has 1 aliphatic heterocycles. The van der Waals surface area contributed by atoms with Gasteiger partial charge in [-0.05, 0) is 32.8 Å². The number of aryl methyl sites for hydroxylation is 1. The Hall–Kier alpha value is -0.940. The Morgan fingerprint density at radius 1 is 1.48 bits per heavy atom. The van der Waals surface area contributed by atoms with Gasteiger partial charge in [-0.2, -0.15) is 0 Å². The molecular weight excluding hydrogens is 264 g/mol. The molecule has 1 aromatic carbocycles. The van der Waals surface area contributed by atoms with Crippen LogP contribution in [0.3, 0.4) is 0 Å². The maximum Gasteiger partial charge on any atom is 0.0940 e. The molecule has 4 nitrogen and oxygen atoms in total. The third-order valence-corrected chi connectivity index (χ3v) is 3.98. The lowest BCUT2D eigenvalue weighted by Crippen LogP contribution is -2.54. The van der Waals surface area contributed by atoms with Crippen molar-refractivity contribution in [2.45, 2.75) is 44.9 Å². The first kappa shape index (κ1) is 16.4.